The van der Waals surface area contributed by atoms with Crippen molar-refractivity contribution in [2.45, 2.75) is 0 Å². The minimum atomic E-state index is -1.08. The van der Waals surface area contributed by atoms with Crippen molar-refractivity contribution in [1.82, 2.24) is 0 Å². The van der Waals surface area contributed by atoms with Crippen LogP contribution in [0, 0.1) is 0 Å². The fraction of sp³-hybridized carbons (Fsp3) is 0. The molecule has 0 atom stereocenters. The zero-order chi connectivity index (χ0) is 17.3. The summed E-state index contributed by atoms with van der Waals surface area (Å²) in [6.07, 6.45) is 1.60. The number of thiocarbonyl (C=S) groups is 1. The van der Waals surface area contributed by atoms with Gasteiger partial charge in [-0.25, -0.2) is 4.79 Å². The third-order valence-electron chi connectivity index (χ3n) is 3.30. The molecule has 7 heteroatoms. The fourth-order valence-corrected chi connectivity index (χ4v) is 3.52. The fourth-order valence-electron chi connectivity index (χ4n) is 2.22. The molecule has 1 fully saturated rings. The van der Waals surface area contributed by atoms with E-state index in [1.165, 1.54) is 29.2 Å². The van der Waals surface area contributed by atoms with Crippen LogP contribution in [0.15, 0.2) is 53.4 Å². The van der Waals surface area contributed by atoms with E-state index < -0.39 is 5.97 Å². The van der Waals surface area contributed by atoms with Gasteiger partial charge in [-0.2, -0.15) is 0 Å². The first kappa shape index (κ1) is 16.2. The molecule has 120 valence electrons. The van der Waals surface area contributed by atoms with E-state index in [-0.39, 0.29) is 17.2 Å². The van der Waals surface area contributed by atoms with E-state index in [2.05, 4.69) is 0 Å². The predicted molar refractivity (Wildman–Crippen MR) is 94.9 cm³/mol. The second kappa shape index (κ2) is 6.46. The largest absolute Gasteiger partial charge is 0.872 e. The second-order valence-corrected chi connectivity index (χ2v) is 6.62. The van der Waals surface area contributed by atoms with Crippen molar-refractivity contribution in [2.75, 3.05) is 4.90 Å². The number of hydrogen-bond donors (Lipinski definition) is 1. The number of amides is 1. The number of carbonyl (C=O) groups excluding carboxylic acids is 1. The Kier molecular flexibility index (Phi) is 4.37. The van der Waals surface area contributed by atoms with Gasteiger partial charge < -0.3 is 10.2 Å². The number of carboxylic acid groups (broad SMARTS) is 1. The second-order valence-electron chi connectivity index (χ2n) is 4.95. The Morgan fingerprint density at radius 1 is 1.21 bits per heavy atom. The van der Waals surface area contributed by atoms with Gasteiger partial charge in [0.15, 0.2) is 4.32 Å². The maximum Gasteiger partial charge on any atom is 0.335 e. The van der Waals surface area contributed by atoms with Crippen LogP contribution < -0.4 is 10.0 Å². The molecular weight excluding hydrogens is 346 g/mol. The lowest BCUT2D eigenvalue weighted by molar-refractivity contribution is -0.268. The third kappa shape index (κ3) is 3.17. The number of thioether (sulfide) groups is 1. The molecule has 0 radical (unpaired) electrons. The minimum absolute atomic E-state index is 0.0737. The van der Waals surface area contributed by atoms with E-state index in [1.807, 2.05) is 0 Å². The Morgan fingerprint density at radius 3 is 2.67 bits per heavy atom. The molecule has 0 saturated carbocycles. The Hall–Kier alpha value is -2.64. The first-order valence-electron chi connectivity index (χ1n) is 6.84. The van der Waals surface area contributed by atoms with Crippen LogP contribution in [0.25, 0.3) is 6.08 Å². The number of benzene rings is 2. The third-order valence-corrected chi connectivity index (χ3v) is 4.60. The Labute approximate surface area is 147 Å². The molecule has 3 rings (SSSR count). The summed E-state index contributed by atoms with van der Waals surface area (Å²) in [6.45, 7) is 0. The topological polar surface area (TPSA) is 80.7 Å². The zero-order valence-electron chi connectivity index (χ0n) is 12.1. The molecular formula is C17H10NO4S2-. The molecule has 2 aromatic carbocycles. The Balaban J connectivity index is 1.95. The number of aromatic carboxylic acids is 1. The first-order chi connectivity index (χ1) is 11.5. The molecule has 1 amide bonds. The summed E-state index contributed by atoms with van der Waals surface area (Å²) < 4.78 is 0.312. The number of anilines is 1. The van der Waals surface area contributed by atoms with Crippen LogP contribution in [0.4, 0.5) is 5.69 Å². The van der Waals surface area contributed by atoms with Crippen molar-refractivity contribution in [3.8, 4) is 5.75 Å². The van der Waals surface area contributed by atoms with Gasteiger partial charge in [0.05, 0.1) is 16.2 Å². The smallest absolute Gasteiger partial charge is 0.335 e. The van der Waals surface area contributed by atoms with E-state index in [4.69, 9.17) is 17.3 Å². The van der Waals surface area contributed by atoms with Gasteiger partial charge in [0, 0.05) is 0 Å². The molecule has 0 unspecified atom stereocenters. The molecule has 1 heterocycles. The first-order valence-corrected chi connectivity index (χ1v) is 8.06. The molecule has 24 heavy (non-hydrogen) atoms. The molecule has 0 spiro atoms. The lowest BCUT2D eigenvalue weighted by atomic mass is 10.1. The molecule has 2 aromatic rings. The van der Waals surface area contributed by atoms with Crippen LogP contribution in [0.5, 0.6) is 5.75 Å². The monoisotopic (exact) mass is 356 g/mol. The minimum Gasteiger partial charge on any atom is -0.872 e. The van der Waals surface area contributed by atoms with Crippen LogP contribution in [0.2, 0.25) is 0 Å². The summed E-state index contributed by atoms with van der Waals surface area (Å²) in [5, 5.41) is 20.5. The molecule has 0 aliphatic carbocycles. The molecule has 1 aliphatic rings. The lowest BCUT2D eigenvalue weighted by Gasteiger charge is -2.14. The van der Waals surface area contributed by atoms with Gasteiger partial charge in [-0.1, -0.05) is 54.3 Å². The molecule has 1 saturated heterocycles. The normalized spacial score (nSPS) is 16.0. The van der Waals surface area contributed by atoms with Crippen molar-refractivity contribution in [3.05, 3.63) is 64.6 Å². The summed E-state index contributed by atoms with van der Waals surface area (Å²) in [5.74, 6) is -1.57. The maximum absolute atomic E-state index is 12.6. The van der Waals surface area contributed by atoms with Crippen LogP contribution in [-0.2, 0) is 4.79 Å². The maximum atomic E-state index is 12.6. The number of rotatable bonds is 3. The quantitative estimate of drug-likeness (QED) is 0.673. The van der Waals surface area contributed by atoms with E-state index in [0.717, 1.165) is 11.8 Å². The van der Waals surface area contributed by atoms with Gasteiger partial charge in [0.25, 0.3) is 5.91 Å². The van der Waals surface area contributed by atoms with Crippen molar-refractivity contribution in [1.29, 1.82) is 0 Å². The summed E-state index contributed by atoms with van der Waals surface area (Å²) in [6, 6.07) is 12.2. The average molecular weight is 356 g/mol. The van der Waals surface area contributed by atoms with Gasteiger partial charge in [0.2, 0.25) is 0 Å². The highest BCUT2D eigenvalue weighted by Gasteiger charge is 2.33. The van der Waals surface area contributed by atoms with Gasteiger partial charge >= 0.3 is 5.97 Å². The number of carboxylic acids is 1. The van der Waals surface area contributed by atoms with E-state index in [9.17, 15) is 14.7 Å². The molecule has 1 N–H and O–H groups in total. The highest BCUT2D eigenvalue weighted by atomic mass is 32.2. The average Bonchev–Trinajstić information content (AvgIpc) is 2.81. The summed E-state index contributed by atoms with van der Waals surface area (Å²) in [5.41, 5.74) is 1.09. The molecule has 1 aliphatic heterocycles. The summed E-state index contributed by atoms with van der Waals surface area (Å²) >= 11 is 6.36. The molecule has 5 nitrogen and oxygen atoms in total. The number of carbonyl (C=O) groups is 2. The number of hydrogen-bond acceptors (Lipinski definition) is 5. The SMILES string of the molecule is O=C(O)c1cccc(N2C(=O)/C(=C/c3cccc([O-])c3)SC2=S)c1. The van der Waals surface area contributed by atoms with Gasteiger partial charge in [0.1, 0.15) is 0 Å². The standard InChI is InChI=1S/C17H11NO4S2/c19-13-6-1-3-10(7-13)8-14-15(20)18(17(23)24-14)12-5-2-4-11(9-12)16(21)22/h1-9,19H,(H,21,22)/p-1/b14-8-. The van der Waals surface area contributed by atoms with Crippen molar-refractivity contribution >= 4 is 51.9 Å². The Morgan fingerprint density at radius 2 is 1.96 bits per heavy atom. The van der Waals surface area contributed by atoms with Crippen molar-refractivity contribution in [2.24, 2.45) is 0 Å². The van der Waals surface area contributed by atoms with Crippen LogP contribution >= 0.6 is 24.0 Å². The number of nitrogens with zero attached hydrogens (tertiary/aromatic N) is 1. The summed E-state index contributed by atoms with van der Waals surface area (Å²) in [7, 11) is 0. The van der Waals surface area contributed by atoms with Crippen LogP contribution in [0.1, 0.15) is 15.9 Å². The van der Waals surface area contributed by atoms with Crippen LogP contribution in [0.3, 0.4) is 0 Å². The Bertz CT molecular complexity index is 892. The molecule has 0 aromatic heterocycles. The van der Waals surface area contributed by atoms with Gasteiger partial charge in [-0.3, -0.25) is 9.69 Å². The van der Waals surface area contributed by atoms with Crippen LogP contribution in [-0.4, -0.2) is 21.3 Å². The highest BCUT2D eigenvalue weighted by molar-refractivity contribution is 8.27. The summed E-state index contributed by atoms with van der Waals surface area (Å²) in [4.78, 5) is 25.4. The van der Waals surface area contributed by atoms with E-state index in [0.29, 0.717) is 20.5 Å². The van der Waals surface area contributed by atoms with Crippen molar-refractivity contribution < 1.29 is 19.8 Å². The van der Waals surface area contributed by atoms with Crippen molar-refractivity contribution in [3.63, 3.8) is 0 Å². The van der Waals surface area contributed by atoms with Gasteiger partial charge in [-0.05, 0) is 29.8 Å². The zero-order valence-corrected chi connectivity index (χ0v) is 13.8. The highest BCUT2D eigenvalue weighted by Crippen LogP contribution is 2.36. The lowest BCUT2D eigenvalue weighted by Crippen LogP contribution is -2.27. The van der Waals surface area contributed by atoms with Gasteiger partial charge in [-0.15, -0.1) is 5.75 Å². The van der Waals surface area contributed by atoms with E-state index >= 15 is 0 Å². The molecule has 0 bridgehead atoms. The van der Waals surface area contributed by atoms with E-state index in [1.54, 1.807) is 30.3 Å². The predicted octanol–water partition coefficient (Wildman–Crippen LogP) is 2.86.